The molecule has 2 aromatic rings. The second-order valence-electron chi connectivity index (χ2n) is 4.45. The lowest BCUT2D eigenvalue weighted by molar-refractivity contribution is 0.321. The molecule has 1 aromatic heterocycles. The molecule has 0 spiro atoms. The number of aromatic nitrogens is 1. The fourth-order valence-corrected chi connectivity index (χ4v) is 2.91. The van der Waals surface area contributed by atoms with Crippen molar-refractivity contribution in [1.29, 1.82) is 5.26 Å². The SMILES string of the molecule is Cc1ncsc1CN(C)Cc1ccc(C#N)cc1Cl. The van der Waals surface area contributed by atoms with E-state index >= 15 is 0 Å². The van der Waals surface area contributed by atoms with Crippen molar-refractivity contribution in [1.82, 2.24) is 9.88 Å². The molecule has 0 unspecified atom stereocenters. The van der Waals surface area contributed by atoms with Crippen LogP contribution in [0.15, 0.2) is 23.7 Å². The molecular formula is C14H14ClN3S. The van der Waals surface area contributed by atoms with Crippen molar-refractivity contribution in [3.63, 3.8) is 0 Å². The van der Waals surface area contributed by atoms with Crippen molar-refractivity contribution >= 4 is 22.9 Å². The first kappa shape index (κ1) is 14.0. The minimum absolute atomic E-state index is 0.592. The highest BCUT2D eigenvalue weighted by molar-refractivity contribution is 7.09. The van der Waals surface area contributed by atoms with E-state index in [-0.39, 0.29) is 0 Å². The van der Waals surface area contributed by atoms with Gasteiger partial charge in [-0.25, -0.2) is 4.98 Å². The maximum absolute atomic E-state index is 8.81. The topological polar surface area (TPSA) is 39.9 Å². The Morgan fingerprint density at radius 2 is 2.21 bits per heavy atom. The van der Waals surface area contributed by atoms with Gasteiger partial charge in [0.1, 0.15) is 0 Å². The molecule has 2 rings (SSSR count). The van der Waals surface area contributed by atoms with Crippen LogP contribution < -0.4 is 0 Å². The van der Waals surface area contributed by atoms with E-state index in [1.54, 1.807) is 23.5 Å². The first-order valence-electron chi connectivity index (χ1n) is 5.86. The minimum Gasteiger partial charge on any atom is -0.297 e. The molecule has 0 amide bonds. The highest BCUT2D eigenvalue weighted by atomic mass is 35.5. The van der Waals surface area contributed by atoms with Gasteiger partial charge < -0.3 is 0 Å². The second-order valence-corrected chi connectivity index (χ2v) is 5.80. The molecule has 0 N–H and O–H groups in total. The third-order valence-electron chi connectivity index (χ3n) is 2.88. The molecule has 0 bridgehead atoms. The molecule has 98 valence electrons. The Morgan fingerprint density at radius 3 is 2.79 bits per heavy atom. The van der Waals surface area contributed by atoms with Gasteiger partial charge in [-0.15, -0.1) is 11.3 Å². The lowest BCUT2D eigenvalue weighted by Crippen LogP contribution is -2.17. The summed E-state index contributed by atoms with van der Waals surface area (Å²) in [5.74, 6) is 0. The molecule has 0 aliphatic heterocycles. The van der Waals surface area contributed by atoms with Crippen molar-refractivity contribution in [3.8, 4) is 6.07 Å². The predicted octanol–water partition coefficient (Wildman–Crippen LogP) is 3.61. The van der Waals surface area contributed by atoms with Crippen LogP contribution in [0.1, 0.15) is 21.7 Å². The number of halogens is 1. The zero-order chi connectivity index (χ0) is 13.8. The van der Waals surface area contributed by atoms with Gasteiger partial charge in [-0.3, -0.25) is 4.90 Å². The van der Waals surface area contributed by atoms with Crippen LogP contribution in [0.2, 0.25) is 5.02 Å². The number of hydrogen-bond donors (Lipinski definition) is 0. The molecule has 0 saturated heterocycles. The summed E-state index contributed by atoms with van der Waals surface area (Å²) in [5.41, 5.74) is 4.58. The number of thiazole rings is 1. The molecular weight excluding hydrogens is 278 g/mol. The maximum atomic E-state index is 8.81. The van der Waals surface area contributed by atoms with Gasteiger partial charge in [-0.2, -0.15) is 5.26 Å². The lowest BCUT2D eigenvalue weighted by Gasteiger charge is -2.17. The Balaban J connectivity index is 2.05. The molecule has 0 radical (unpaired) electrons. The van der Waals surface area contributed by atoms with Gasteiger partial charge >= 0.3 is 0 Å². The molecule has 0 atom stereocenters. The van der Waals surface area contributed by atoms with Gasteiger partial charge in [0.15, 0.2) is 0 Å². The molecule has 1 aromatic carbocycles. The normalized spacial score (nSPS) is 10.7. The maximum Gasteiger partial charge on any atom is 0.0992 e. The van der Waals surface area contributed by atoms with Crippen LogP contribution in [0.25, 0.3) is 0 Å². The van der Waals surface area contributed by atoms with Crippen molar-refractivity contribution in [2.24, 2.45) is 0 Å². The van der Waals surface area contributed by atoms with E-state index in [2.05, 4.69) is 16.0 Å². The van der Waals surface area contributed by atoms with Crippen LogP contribution in [0, 0.1) is 18.3 Å². The van der Waals surface area contributed by atoms with E-state index < -0.39 is 0 Å². The fourth-order valence-electron chi connectivity index (χ4n) is 1.81. The van der Waals surface area contributed by atoms with Gasteiger partial charge in [0.05, 0.1) is 22.8 Å². The van der Waals surface area contributed by atoms with E-state index in [1.165, 1.54) is 4.88 Å². The molecule has 0 aliphatic rings. The number of rotatable bonds is 4. The number of hydrogen-bond acceptors (Lipinski definition) is 4. The minimum atomic E-state index is 0.592. The Bertz CT molecular complexity index is 615. The summed E-state index contributed by atoms with van der Waals surface area (Å²) in [7, 11) is 2.05. The average Bonchev–Trinajstić information content (AvgIpc) is 2.77. The monoisotopic (exact) mass is 291 g/mol. The van der Waals surface area contributed by atoms with Crippen molar-refractivity contribution in [3.05, 3.63) is 50.4 Å². The van der Waals surface area contributed by atoms with Crippen LogP contribution in [0.5, 0.6) is 0 Å². The molecule has 19 heavy (non-hydrogen) atoms. The Kier molecular flexibility index (Phi) is 4.54. The third-order valence-corrected chi connectivity index (χ3v) is 4.15. The van der Waals surface area contributed by atoms with Crippen LogP contribution in [-0.4, -0.2) is 16.9 Å². The molecule has 5 heteroatoms. The second kappa shape index (κ2) is 6.16. The van der Waals surface area contributed by atoms with Crippen LogP contribution in [0.3, 0.4) is 0 Å². The van der Waals surface area contributed by atoms with Crippen LogP contribution >= 0.6 is 22.9 Å². The molecule has 3 nitrogen and oxygen atoms in total. The summed E-state index contributed by atoms with van der Waals surface area (Å²) in [5, 5.41) is 9.46. The number of nitriles is 1. The van der Waals surface area contributed by atoms with Crippen molar-refractivity contribution in [2.75, 3.05) is 7.05 Å². The number of aryl methyl sites for hydroxylation is 1. The Labute approximate surface area is 122 Å². The number of benzene rings is 1. The summed E-state index contributed by atoms with van der Waals surface area (Å²) >= 11 is 7.85. The summed E-state index contributed by atoms with van der Waals surface area (Å²) < 4.78 is 0. The lowest BCUT2D eigenvalue weighted by atomic mass is 10.1. The van der Waals surface area contributed by atoms with Crippen LogP contribution in [0.4, 0.5) is 0 Å². The third kappa shape index (κ3) is 3.54. The van der Waals surface area contributed by atoms with E-state index in [1.807, 2.05) is 25.5 Å². The summed E-state index contributed by atoms with van der Waals surface area (Å²) in [6.07, 6.45) is 0. The van der Waals surface area contributed by atoms with Crippen molar-refractivity contribution < 1.29 is 0 Å². The highest BCUT2D eigenvalue weighted by Crippen LogP contribution is 2.21. The summed E-state index contributed by atoms with van der Waals surface area (Å²) in [4.78, 5) is 7.71. The largest absolute Gasteiger partial charge is 0.297 e. The van der Waals surface area contributed by atoms with Gasteiger partial charge in [-0.1, -0.05) is 17.7 Å². The average molecular weight is 292 g/mol. The van der Waals surface area contributed by atoms with E-state index in [4.69, 9.17) is 16.9 Å². The Hall–Kier alpha value is -1.41. The number of nitrogens with zero attached hydrogens (tertiary/aromatic N) is 3. The van der Waals surface area contributed by atoms with Crippen molar-refractivity contribution in [2.45, 2.75) is 20.0 Å². The smallest absolute Gasteiger partial charge is 0.0992 e. The fraction of sp³-hybridized carbons (Fsp3) is 0.286. The van der Waals surface area contributed by atoms with Gasteiger partial charge in [0.2, 0.25) is 0 Å². The summed E-state index contributed by atoms with van der Waals surface area (Å²) in [6, 6.07) is 7.51. The van der Waals surface area contributed by atoms with Gasteiger partial charge in [-0.05, 0) is 31.7 Å². The van der Waals surface area contributed by atoms with E-state index in [0.29, 0.717) is 10.6 Å². The standard InChI is InChI=1S/C14H14ClN3S/c1-10-14(19-9-17-10)8-18(2)7-12-4-3-11(6-16)5-13(12)15/h3-5,9H,7-8H2,1-2H3. The first-order valence-corrected chi connectivity index (χ1v) is 7.12. The van der Waals surface area contributed by atoms with E-state index in [9.17, 15) is 0 Å². The quantitative estimate of drug-likeness (QED) is 0.864. The zero-order valence-corrected chi connectivity index (χ0v) is 12.4. The zero-order valence-electron chi connectivity index (χ0n) is 10.9. The van der Waals surface area contributed by atoms with Crippen LogP contribution in [-0.2, 0) is 13.1 Å². The molecule has 0 aliphatic carbocycles. The van der Waals surface area contributed by atoms with Gasteiger partial charge in [0, 0.05) is 23.0 Å². The molecule has 0 fully saturated rings. The molecule has 1 heterocycles. The summed E-state index contributed by atoms with van der Waals surface area (Å²) in [6.45, 7) is 3.63. The highest BCUT2D eigenvalue weighted by Gasteiger charge is 2.09. The molecule has 0 saturated carbocycles. The van der Waals surface area contributed by atoms with E-state index in [0.717, 1.165) is 24.3 Å². The first-order chi connectivity index (χ1) is 9.10. The van der Waals surface area contributed by atoms with Gasteiger partial charge in [0.25, 0.3) is 0 Å². The Morgan fingerprint density at radius 1 is 1.42 bits per heavy atom. The predicted molar refractivity (Wildman–Crippen MR) is 78.2 cm³/mol.